The van der Waals surface area contributed by atoms with Crippen molar-refractivity contribution < 1.29 is 23.0 Å². The van der Waals surface area contributed by atoms with Crippen LogP contribution in [0.2, 0.25) is 0 Å². The quantitative estimate of drug-likeness (QED) is 0.386. The molecule has 1 N–H and O–H groups in total. The number of aryl methyl sites for hydroxylation is 1. The van der Waals surface area contributed by atoms with Gasteiger partial charge in [0.15, 0.2) is 0 Å². The lowest BCUT2D eigenvalue weighted by atomic mass is 9.75. The Bertz CT molecular complexity index is 1490. The van der Waals surface area contributed by atoms with Crippen LogP contribution in [-0.2, 0) is 36.3 Å². The fourth-order valence-electron chi connectivity index (χ4n) is 4.78. The van der Waals surface area contributed by atoms with Crippen molar-refractivity contribution in [2.45, 2.75) is 24.6 Å². The van der Waals surface area contributed by atoms with Crippen LogP contribution in [0.1, 0.15) is 22.5 Å². The predicted octanol–water partition coefficient (Wildman–Crippen LogP) is 2.17. The Morgan fingerprint density at radius 3 is 2.62 bits per heavy atom. The number of hydrogen-bond acceptors (Lipinski definition) is 6. The maximum Gasteiger partial charge on any atom is 0.418 e. The molecule has 0 atom stereocenters. The molecule has 9 nitrogen and oxygen atoms in total. The number of aromatic nitrogens is 5. The van der Waals surface area contributed by atoms with Crippen LogP contribution in [0.25, 0.3) is 11.2 Å². The molecular weight excluding hydrogens is 489 g/mol. The fraction of sp³-hybridized carbons (Fsp3) is 0.400. The zero-order valence-electron chi connectivity index (χ0n) is 20.4. The highest BCUT2D eigenvalue weighted by molar-refractivity contribution is 5.58. The lowest BCUT2D eigenvalue weighted by Gasteiger charge is -2.41. The van der Waals surface area contributed by atoms with Gasteiger partial charge in [0.25, 0.3) is 0 Å². The number of pyridine rings is 1. The Hall–Kier alpha value is -3.48. The number of benzene rings is 1. The zero-order valence-corrected chi connectivity index (χ0v) is 20.4. The first-order valence-electron chi connectivity index (χ1n) is 11.8. The number of hydrogen-bond donors (Lipinski definition) is 1. The number of nitrogens with zero attached hydrogens (tertiary/aromatic N) is 6. The SMILES string of the molecule is CN(CCO)Cc1cc(C(F)(F)F)c2cn(-c3cccc(C4(Cc5nncn5C)COC4)c3)c(=O)n2c1. The minimum atomic E-state index is -4.65. The van der Waals surface area contributed by atoms with Crippen LogP contribution in [0.5, 0.6) is 0 Å². The van der Waals surface area contributed by atoms with Crippen molar-refractivity contribution >= 4 is 5.52 Å². The molecule has 196 valence electrons. The fourth-order valence-corrected chi connectivity index (χ4v) is 4.78. The van der Waals surface area contributed by atoms with E-state index >= 15 is 0 Å². The maximum absolute atomic E-state index is 14.0. The van der Waals surface area contributed by atoms with E-state index in [2.05, 4.69) is 10.2 Å². The van der Waals surface area contributed by atoms with Gasteiger partial charge in [-0.25, -0.2) is 4.79 Å². The number of ether oxygens (including phenoxy) is 1. The van der Waals surface area contributed by atoms with Gasteiger partial charge in [0.2, 0.25) is 0 Å². The van der Waals surface area contributed by atoms with E-state index in [1.165, 1.54) is 17.0 Å². The van der Waals surface area contributed by atoms with Crippen LogP contribution < -0.4 is 5.69 Å². The van der Waals surface area contributed by atoms with Gasteiger partial charge in [0, 0.05) is 44.4 Å². The lowest BCUT2D eigenvalue weighted by molar-refractivity contribution is -0.136. The molecule has 4 heterocycles. The van der Waals surface area contributed by atoms with Gasteiger partial charge in [-0.05, 0) is 36.4 Å². The molecule has 0 aliphatic carbocycles. The van der Waals surface area contributed by atoms with Crippen LogP contribution in [0, 0.1) is 0 Å². The summed E-state index contributed by atoms with van der Waals surface area (Å²) in [6, 6.07) is 8.30. The van der Waals surface area contributed by atoms with Gasteiger partial charge < -0.3 is 14.4 Å². The molecule has 1 aromatic carbocycles. The summed E-state index contributed by atoms with van der Waals surface area (Å²) in [5.41, 5.74) is -0.402. The summed E-state index contributed by atoms with van der Waals surface area (Å²) < 4.78 is 51.7. The smallest absolute Gasteiger partial charge is 0.395 e. The van der Waals surface area contributed by atoms with Crippen LogP contribution in [0.3, 0.4) is 0 Å². The predicted molar refractivity (Wildman–Crippen MR) is 129 cm³/mol. The molecule has 1 fully saturated rings. The van der Waals surface area contributed by atoms with Crippen LogP contribution in [0.15, 0.2) is 53.8 Å². The average Bonchev–Trinajstić information content (AvgIpc) is 3.38. The van der Waals surface area contributed by atoms with Crippen molar-refractivity contribution in [3.05, 3.63) is 82.1 Å². The Morgan fingerprint density at radius 1 is 1.22 bits per heavy atom. The van der Waals surface area contributed by atoms with Crippen molar-refractivity contribution in [2.24, 2.45) is 7.05 Å². The van der Waals surface area contributed by atoms with Crippen LogP contribution in [0.4, 0.5) is 13.2 Å². The molecule has 0 radical (unpaired) electrons. The van der Waals surface area contributed by atoms with Gasteiger partial charge >= 0.3 is 11.9 Å². The van der Waals surface area contributed by atoms with E-state index in [0.717, 1.165) is 21.9 Å². The Balaban J connectivity index is 1.58. The highest BCUT2D eigenvalue weighted by Crippen LogP contribution is 2.37. The third-order valence-corrected chi connectivity index (χ3v) is 6.86. The first-order chi connectivity index (χ1) is 17.6. The standard InChI is InChI=1S/C25H27F3N6O3/c1-31(6-7-35)11-17-8-20(25(26,27)28)21-13-33(23(36)34(21)12-17)19-5-3-4-18(9-19)24(14-37-15-24)10-22-30-29-16-32(22)2/h3-5,8-9,12-13,16,35H,6-7,10-11,14-15H2,1-2H3. The number of fused-ring (bicyclic) bond motifs is 1. The number of aliphatic hydroxyl groups is 1. The van der Waals surface area contributed by atoms with Crippen LogP contribution >= 0.6 is 0 Å². The van der Waals surface area contributed by atoms with Gasteiger partial charge in [-0.15, -0.1) is 10.2 Å². The van der Waals surface area contributed by atoms with Gasteiger partial charge in [-0.3, -0.25) is 13.9 Å². The molecule has 0 unspecified atom stereocenters. The van der Waals surface area contributed by atoms with E-state index in [1.807, 2.05) is 23.7 Å². The summed E-state index contributed by atoms with van der Waals surface area (Å²) in [4.78, 5) is 15.1. The molecule has 4 aromatic rings. The Morgan fingerprint density at radius 2 is 2.00 bits per heavy atom. The Labute approximate surface area is 210 Å². The van der Waals surface area contributed by atoms with E-state index in [-0.39, 0.29) is 24.1 Å². The second-order valence-electron chi connectivity index (χ2n) is 9.62. The zero-order chi connectivity index (χ0) is 26.4. The molecule has 0 bridgehead atoms. The van der Waals surface area contributed by atoms with Gasteiger partial charge in [0.05, 0.1) is 36.6 Å². The van der Waals surface area contributed by atoms with Gasteiger partial charge in [0.1, 0.15) is 12.2 Å². The summed E-state index contributed by atoms with van der Waals surface area (Å²) in [6.07, 6.45) is 0.206. The highest BCUT2D eigenvalue weighted by atomic mass is 19.4. The van der Waals surface area contributed by atoms with Gasteiger partial charge in [-0.2, -0.15) is 13.2 Å². The molecule has 12 heteroatoms. The molecule has 1 aliphatic heterocycles. The molecular formula is C25H27F3N6O3. The number of rotatable bonds is 8. The first kappa shape index (κ1) is 25.2. The largest absolute Gasteiger partial charge is 0.418 e. The Kier molecular flexibility index (Phi) is 6.42. The van der Waals surface area contributed by atoms with Gasteiger partial charge in [-0.1, -0.05) is 12.1 Å². The number of aliphatic hydroxyl groups excluding tert-OH is 1. The number of halogens is 3. The second kappa shape index (κ2) is 9.43. The van der Waals surface area contributed by atoms with Crippen molar-refractivity contribution in [1.29, 1.82) is 0 Å². The molecule has 5 rings (SSSR count). The van der Waals surface area contributed by atoms with E-state index < -0.39 is 17.4 Å². The lowest BCUT2D eigenvalue weighted by Crippen LogP contribution is -2.49. The molecule has 1 saturated heterocycles. The monoisotopic (exact) mass is 516 g/mol. The normalized spacial score (nSPS) is 15.4. The molecule has 0 saturated carbocycles. The minimum absolute atomic E-state index is 0.124. The first-order valence-corrected chi connectivity index (χ1v) is 11.8. The van der Waals surface area contributed by atoms with Crippen molar-refractivity contribution in [3.63, 3.8) is 0 Å². The summed E-state index contributed by atoms with van der Waals surface area (Å²) in [5, 5.41) is 17.3. The maximum atomic E-state index is 14.0. The summed E-state index contributed by atoms with van der Waals surface area (Å²) in [6.45, 7) is 1.23. The van der Waals surface area contributed by atoms with Crippen molar-refractivity contribution in [3.8, 4) is 5.69 Å². The summed E-state index contributed by atoms with van der Waals surface area (Å²) >= 11 is 0. The van der Waals surface area contributed by atoms with Crippen molar-refractivity contribution in [2.75, 3.05) is 33.4 Å². The van der Waals surface area contributed by atoms with Crippen LogP contribution in [-0.4, -0.2) is 67.2 Å². The minimum Gasteiger partial charge on any atom is -0.395 e. The average molecular weight is 517 g/mol. The highest BCUT2D eigenvalue weighted by Gasteiger charge is 2.42. The molecule has 3 aromatic heterocycles. The third-order valence-electron chi connectivity index (χ3n) is 6.86. The number of alkyl halides is 3. The molecule has 0 spiro atoms. The van der Waals surface area contributed by atoms with E-state index in [4.69, 9.17) is 9.84 Å². The van der Waals surface area contributed by atoms with E-state index in [9.17, 15) is 18.0 Å². The number of likely N-dealkylation sites (N-methyl/N-ethyl adjacent to an activating group) is 1. The van der Waals surface area contributed by atoms with Crippen molar-refractivity contribution in [1.82, 2.24) is 28.6 Å². The number of imidazole rings is 1. The van der Waals surface area contributed by atoms with E-state index in [0.29, 0.717) is 37.4 Å². The molecule has 0 amide bonds. The van der Waals surface area contributed by atoms with E-state index in [1.54, 1.807) is 30.4 Å². The third kappa shape index (κ3) is 4.67. The summed E-state index contributed by atoms with van der Waals surface area (Å²) in [7, 11) is 3.55. The summed E-state index contributed by atoms with van der Waals surface area (Å²) in [5.74, 6) is 0.786. The molecule has 37 heavy (non-hydrogen) atoms. The second-order valence-corrected chi connectivity index (χ2v) is 9.62. The topological polar surface area (TPSA) is 89.8 Å². The molecule has 1 aliphatic rings.